The normalized spacial score (nSPS) is 15.2. The Kier molecular flexibility index (Phi) is 7.91. The van der Waals surface area contributed by atoms with E-state index in [1.165, 1.54) is 5.56 Å². The molecule has 22 heavy (non-hydrogen) atoms. The van der Waals surface area contributed by atoms with Gasteiger partial charge < -0.3 is 20.6 Å². The quantitative estimate of drug-likeness (QED) is 0.686. The molecule has 0 spiro atoms. The van der Waals surface area contributed by atoms with Crippen molar-refractivity contribution in [2.75, 3.05) is 20.2 Å². The van der Waals surface area contributed by atoms with E-state index < -0.39 is 0 Å². The fourth-order valence-corrected chi connectivity index (χ4v) is 2.25. The Morgan fingerprint density at radius 3 is 2.41 bits per heavy atom. The number of carbonyl (C=O) groups excluding carboxylic acids is 1. The van der Waals surface area contributed by atoms with E-state index in [0.717, 1.165) is 13.1 Å². The number of aliphatic hydroxyl groups excluding tert-OH is 1. The molecule has 0 aliphatic carbocycles. The van der Waals surface area contributed by atoms with Gasteiger partial charge in [-0.2, -0.15) is 0 Å². The van der Waals surface area contributed by atoms with E-state index in [1.54, 1.807) is 0 Å². The zero-order valence-corrected chi connectivity index (χ0v) is 14.0. The highest BCUT2D eigenvalue weighted by molar-refractivity contribution is 5.74. The number of hydrogen-bond donors (Lipinski definition) is 3. The molecule has 0 aromatic heterocycles. The van der Waals surface area contributed by atoms with Crippen molar-refractivity contribution in [2.45, 2.75) is 39.4 Å². The molecule has 1 rings (SSSR count). The Morgan fingerprint density at radius 1 is 1.18 bits per heavy atom. The predicted molar refractivity (Wildman–Crippen MR) is 89.6 cm³/mol. The molecule has 124 valence electrons. The van der Waals surface area contributed by atoms with E-state index in [4.69, 9.17) is 5.11 Å². The van der Waals surface area contributed by atoms with Crippen LogP contribution in [0.3, 0.4) is 0 Å². The van der Waals surface area contributed by atoms with Crippen molar-refractivity contribution in [1.82, 2.24) is 15.5 Å². The Labute approximate surface area is 133 Å². The molecule has 0 aliphatic heterocycles. The number of nitrogens with zero attached hydrogens (tertiary/aromatic N) is 1. The minimum atomic E-state index is -0.187. The maximum atomic E-state index is 11.9. The lowest BCUT2D eigenvalue weighted by molar-refractivity contribution is 0.197. The second kappa shape index (κ2) is 9.43. The lowest BCUT2D eigenvalue weighted by Crippen LogP contribution is -2.49. The highest BCUT2D eigenvalue weighted by atomic mass is 16.3. The van der Waals surface area contributed by atoms with E-state index >= 15 is 0 Å². The largest absolute Gasteiger partial charge is 0.396 e. The van der Waals surface area contributed by atoms with Crippen molar-refractivity contribution < 1.29 is 9.90 Å². The van der Waals surface area contributed by atoms with E-state index in [1.807, 2.05) is 46.0 Å². The Balaban J connectivity index is 2.32. The number of urea groups is 1. The van der Waals surface area contributed by atoms with Crippen LogP contribution in [-0.2, 0) is 6.54 Å². The summed E-state index contributed by atoms with van der Waals surface area (Å²) in [6, 6.07) is 10.1. The number of hydrogen-bond acceptors (Lipinski definition) is 3. The third kappa shape index (κ3) is 6.91. The van der Waals surface area contributed by atoms with Crippen LogP contribution in [0.5, 0.6) is 0 Å². The van der Waals surface area contributed by atoms with Gasteiger partial charge in [-0.15, -0.1) is 0 Å². The molecule has 0 fully saturated rings. The molecular formula is C17H29N3O2. The number of rotatable bonds is 8. The maximum absolute atomic E-state index is 11.9. The average molecular weight is 307 g/mol. The Morgan fingerprint density at radius 2 is 1.82 bits per heavy atom. The van der Waals surface area contributed by atoms with Gasteiger partial charge in [-0.05, 0) is 32.4 Å². The third-order valence-electron chi connectivity index (χ3n) is 3.76. The Hall–Kier alpha value is -1.59. The summed E-state index contributed by atoms with van der Waals surface area (Å²) in [6.07, 6.45) is 0. The van der Waals surface area contributed by atoms with Crippen molar-refractivity contribution in [3.63, 3.8) is 0 Å². The highest BCUT2D eigenvalue weighted by Crippen LogP contribution is 2.03. The van der Waals surface area contributed by atoms with Crippen LogP contribution >= 0.6 is 0 Å². The maximum Gasteiger partial charge on any atom is 0.315 e. The fraction of sp³-hybridized carbons (Fsp3) is 0.588. The molecule has 1 aromatic carbocycles. The van der Waals surface area contributed by atoms with Crippen molar-refractivity contribution in [2.24, 2.45) is 5.92 Å². The first-order valence-corrected chi connectivity index (χ1v) is 7.82. The van der Waals surface area contributed by atoms with Gasteiger partial charge in [0.05, 0.1) is 0 Å². The molecule has 1 aromatic rings. The van der Waals surface area contributed by atoms with Crippen molar-refractivity contribution >= 4 is 6.03 Å². The number of nitrogens with one attached hydrogen (secondary N) is 2. The second-order valence-electron chi connectivity index (χ2n) is 6.15. The van der Waals surface area contributed by atoms with Gasteiger partial charge in [-0.3, -0.25) is 0 Å². The van der Waals surface area contributed by atoms with Gasteiger partial charge in [0.25, 0.3) is 0 Å². The first-order valence-electron chi connectivity index (χ1n) is 7.82. The molecule has 5 nitrogen and oxygen atoms in total. The first kappa shape index (κ1) is 18.5. The molecule has 0 bridgehead atoms. The van der Waals surface area contributed by atoms with Crippen LogP contribution in [0.25, 0.3) is 0 Å². The van der Waals surface area contributed by atoms with Crippen LogP contribution < -0.4 is 10.6 Å². The van der Waals surface area contributed by atoms with Crippen molar-refractivity contribution in [1.29, 1.82) is 0 Å². The average Bonchev–Trinajstić information content (AvgIpc) is 2.46. The van der Waals surface area contributed by atoms with Gasteiger partial charge >= 0.3 is 6.03 Å². The summed E-state index contributed by atoms with van der Waals surface area (Å²) in [5.74, 6) is 0.0433. The number of likely N-dealkylation sites (N-methyl/N-ethyl adjacent to an activating group) is 1. The second-order valence-corrected chi connectivity index (χ2v) is 6.15. The standard InChI is InChI=1S/C17H29N3O2/c1-13(12-21)15(3)19-17(22)18-14(2)10-20(4)11-16-8-6-5-7-9-16/h5-9,13-15,21H,10-12H2,1-4H3,(H2,18,19,22). The summed E-state index contributed by atoms with van der Waals surface area (Å²) in [5.41, 5.74) is 1.26. The molecule has 0 heterocycles. The summed E-state index contributed by atoms with van der Waals surface area (Å²) in [6.45, 7) is 7.48. The van der Waals surface area contributed by atoms with Gasteiger partial charge in [0.1, 0.15) is 0 Å². The molecule has 0 saturated carbocycles. The smallest absolute Gasteiger partial charge is 0.315 e. The number of amides is 2. The third-order valence-corrected chi connectivity index (χ3v) is 3.76. The van der Waals surface area contributed by atoms with Gasteiger partial charge in [0.15, 0.2) is 0 Å². The topological polar surface area (TPSA) is 64.6 Å². The van der Waals surface area contributed by atoms with E-state index in [2.05, 4.69) is 27.7 Å². The van der Waals surface area contributed by atoms with E-state index in [0.29, 0.717) is 0 Å². The van der Waals surface area contributed by atoms with Crippen LogP contribution in [0.2, 0.25) is 0 Å². The van der Waals surface area contributed by atoms with Crippen LogP contribution in [-0.4, -0.2) is 48.3 Å². The SMILES string of the molecule is CC(CN(C)Cc1ccccc1)NC(=O)NC(C)C(C)CO. The molecule has 3 N–H and O–H groups in total. The minimum Gasteiger partial charge on any atom is -0.396 e. The molecule has 0 aliphatic rings. The predicted octanol–water partition coefficient (Wildman–Crippen LogP) is 1.82. The van der Waals surface area contributed by atoms with Crippen molar-refractivity contribution in [3.8, 4) is 0 Å². The molecular weight excluding hydrogens is 278 g/mol. The van der Waals surface area contributed by atoms with Gasteiger partial charge in [-0.25, -0.2) is 4.79 Å². The lowest BCUT2D eigenvalue weighted by atomic mass is 10.1. The Bertz CT molecular complexity index is 439. The first-order chi connectivity index (χ1) is 10.4. The number of aliphatic hydroxyl groups is 1. The monoisotopic (exact) mass is 307 g/mol. The zero-order chi connectivity index (χ0) is 16.5. The lowest BCUT2D eigenvalue weighted by Gasteiger charge is -2.24. The summed E-state index contributed by atoms with van der Waals surface area (Å²) in [5, 5.41) is 14.9. The van der Waals surface area contributed by atoms with Crippen LogP contribution in [0.4, 0.5) is 4.79 Å². The summed E-state index contributed by atoms with van der Waals surface area (Å²) >= 11 is 0. The molecule has 3 unspecified atom stereocenters. The fourth-order valence-electron chi connectivity index (χ4n) is 2.25. The number of benzene rings is 1. The minimum absolute atomic E-state index is 0.0433. The summed E-state index contributed by atoms with van der Waals surface area (Å²) in [7, 11) is 2.04. The van der Waals surface area contributed by atoms with Crippen LogP contribution in [0.1, 0.15) is 26.3 Å². The van der Waals surface area contributed by atoms with E-state index in [9.17, 15) is 4.79 Å². The summed E-state index contributed by atoms with van der Waals surface area (Å²) in [4.78, 5) is 14.1. The molecule has 3 atom stereocenters. The van der Waals surface area contributed by atoms with Gasteiger partial charge in [0.2, 0.25) is 0 Å². The van der Waals surface area contributed by atoms with Crippen molar-refractivity contribution in [3.05, 3.63) is 35.9 Å². The molecule has 5 heteroatoms. The van der Waals surface area contributed by atoms with Gasteiger partial charge in [-0.1, -0.05) is 37.3 Å². The number of carbonyl (C=O) groups is 1. The molecule has 0 saturated heterocycles. The zero-order valence-electron chi connectivity index (χ0n) is 14.0. The van der Waals surface area contributed by atoms with E-state index in [-0.39, 0.29) is 30.6 Å². The van der Waals surface area contributed by atoms with Crippen LogP contribution in [0.15, 0.2) is 30.3 Å². The summed E-state index contributed by atoms with van der Waals surface area (Å²) < 4.78 is 0. The molecule has 0 radical (unpaired) electrons. The van der Waals surface area contributed by atoms with Crippen LogP contribution in [0, 0.1) is 5.92 Å². The molecule has 2 amide bonds. The van der Waals surface area contributed by atoms with Gasteiger partial charge in [0, 0.05) is 31.8 Å². The highest BCUT2D eigenvalue weighted by Gasteiger charge is 2.15.